The molecule has 0 saturated heterocycles. The van der Waals surface area contributed by atoms with Gasteiger partial charge in [-0.25, -0.2) is 0 Å². The lowest BCUT2D eigenvalue weighted by atomic mass is 10.0. The number of hydrogen-bond donors (Lipinski definition) is 2. The van der Waals surface area contributed by atoms with Crippen molar-refractivity contribution in [2.45, 2.75) is 6.92 Å². The van der Waals surface area contributed by atoms with Crippen LogP contribution in [0.15, 0.2) is 36.4 Å². The van der Waals surface area contributed by atoms with Crippen LogP contribution < -0.4 is 5.32 Å². The lowest BCUT2D eigenvalue weighted by Gasteiger charge is -2.07. The van der Waals surface area contributed by atoms with E-state index >= 15 is 0 Å². The second-order valence-electron chi connectivity index (χ2n) is 3.69. The highest BCUT2D eigenvalue weighted by Gasteiger charge is 2.12. The normalized spacial score (nSPS) is 10.2. The van der Waals surface area contributed by atoms with Gasteiger partial charge in [0.15, 0.2) is 0 Å². The van der Waals surface area contributed by atoms with Gasteiger partial charge in [0.2, 0.25) is 5.91 Å². The van der Waals surface area contributed by atoms with Gasteiger partial charge in [0.1, 0.15) is 5.75 Å². The molecule has 2 rings (SSSR count). The number of benzene rings is 2. The first-order chi connectivity index (χ1) is 8.09. The predicted octanol–water partition coefficient (Wildman–Crippen LogP) is 1.82. The minimum Gasteiger partial charge on any atom is -0.507 e. The number of amides is 2. The van der Waals surface area contributed by atoms with E-state index in [9.17, 15) is 14.7 Å². The molecule has 0 heterocycles. The number of carbonyl (C=O) groups excluding carboxylic acids is 2. The molecule has 0 aliphatic rings. The van der Waals surface area contributed by atoms with Gasteiger partial charge in [-0.1, -0.05) is 24.3 Å². The minimum atomic E-state index is -0.464. The molecule has 4 heteroatoms. The van der Waals surface area contributed by atoms with Crippen molar-refractivity contribution in [3.63, 3.8) is 0 Å². The molecule has 0 aliphatic heterocycles. The average Bonchev–Trinajstić information content (AvgIpc) is 2.29. The van der Waals surface area contributed by atoms with Crippen molar-refractivity contribution in [3.8, 4) is 5.75 Å². The number of rotatable bonds is 1. The van der Waals surface area contributed by atoms with Crippen LogP contribution in [0.3, 0.4) is 0 Å². The summed E-state index contributed by atoms with van der Waals surface area (Å²) in [6.45, 7) is 1.28. The summed E-state index contributed by atoms with van der Waals surface area (Å²) in [5.41, 5.74) is 0.369. The summed E-state index contributed by atoms with van der Waals surface area (Å²) in [5, 5.41) is 13.1. The van der Waals surface area contributed by atoms with Crippen molar-refractivity contribution in [1.82, 2.24) is 5.32 Å². The van der Waals surface area contributed by atoms with Crippen LogP contribution in [0.4, 0.5) is 0 Å². The summed E-state index contributed by atoms with van der Waals surface area (Å²) < 4.78 is 0. The fraction of sp³-hybridized carbons (Fsp3) is 0.0769. The van der Waals surface area contributed by atoms with Gasteiger partial charge >= 0.3 is 0 Å². The highest BCUT2D eigenvalue weighted by atomic mass is 16.3. The summed E-state index contributed by atoms with van der Waals surface area (Å²) in [7, 11) is 0. The van der Waals surface area contributed by atoms with Crippen molar-refractivity contribution in [3.05, 3.63) is 42.0 Å². The lowest BCUT2D eigenvalue weighted by Crippen LogP contribution is -2.28. The second kappa shape index (κ2) is 4.25. The van der Waals surface area contributed by atoms with Crippen molar-refractivity contribution in [1.29, 1.82) is 0 Å². The van der Waals surface area contributed by atoms with Crippen molar-refractivity contribution in [2.75, 3.05) is 0 Å². The smallest absolute Gasteiger partial charge is 0.258 e. The summed E-state index contributed by atoms with van der Waals surface area (Å²) >= 11 is 0. The first-order valence-corrected chi connectivity index (χ1v) is 5.12. The van der Waals surface area contributed by atoms with Crippen LogP contribution in [0.1, 0.15) is 17.3 Å². The van der Waals surface area contributed by atoms with Crippen molar-refractivity contribution >= 4 is 22.6 Å². The van der Waals surface area contributed by atoms with Gasteiger partial charge in [0.05, 0.1) is 0 Å². The van der Waals surface area contributed by atoms with Crippen molar-refractivity contribution in [2.24, 2.45) is 0 Å². The molecular formula is C13H11NO3. The first kappa shape index (κ1) is 11.1. The third-order valence-corrected chi connectivity index (χ3v) is 2.44. The Kier molecular flexibility index (Phi) is 2.78. The molecule has 2 aromatic rings. The van der Waals surface area contributed by atoms with Crippen LogP contribution in [-0.4, -0.2) is 16.9 Å². The van der Waals surface area contributed by atoms with E-state index in [1.54, 1.807) is 24.3 Å². The van der Waals surface area contributed by atoms with Crippen LogP contribution in [0, 0.1) is 0 Å². The molecule has 2 N–H and O–H groups in total. The van der Waals surface area contributed by atoms with E-state index in [0.29, 0.717) is 16.3 Å². The number of carbonyl (C=O) groups is 2. The number of nitrogens with one attached hydrogen (secondary N) is 1. The molecule has 4 nitrogen and oxygen atoms in total. The van der Waals surface area contributed by atoms with E-state index in [4.69, 9.17) is 0 Å². The molecule has 0 bridgehead atoms. The van der Waals surface area contributed by atoms with E-state index in [2.05, 4.69) is 5.32 Å². The quantitative estimate of drug-likeness (QED) is 0.783. The molecule has 0 atom stereocenters. The molecule has 17 heavy (non-hydrogen) atoms. The number of imide groups is 1. The number of hydrogen-bond acceptors (Lipinski definition) is 3. The van der Waals surface area contributed by atoms with Gasteiger partial charge in [-0.3, -0.25) is 14.9 Å². The summed E-state index contributed by atoms with van der Waals surface area (Å²) in [6, 6.07) is 9.92. The predicted molar refractivity (Wildman–Crippen MR) is 63.8 cm³/mol. The van der Waals surface area contributed by atoms with E-state index in [0.717, 1.165) is 0 Å². The number of phenols is 1. The maximum atomic E-state index is 11.8. The molecule has 0 spiro atoms. The standard InChI is InChI=1S/C13H11NO3/c1-8(15)14-13(17)11-6-7-12(16)10-5-3-2-4-9(10)11/h2-7,16H,1H3,(H,14,15,17). The van der Waals surface area contributed by atoms with Gasteiger partial charge in [-0.05, 0) is 17.5 Å². The average molecular weight is 229 g/mol. The highest BCUT2D eigenvalue weighted by molar-refractivity contribution is 6.12. The Labute approximate surface area is 97.9 Å². The van der Waals surface area contributed by atoms with Crippen LogP contribution in [0.5, 0.6) is 5.75 Å². The van der Waals surface area contributed by atoms with Gasteiger partial charge in [-0.15, -0.1) is 0 Å². The molecule has 0 saturated carbocycles. The molecule has 0 aromatic heterocycles. The molecule has 0 unspecified atom stereocenters. The third kappa shape index (κ3) is 2.10. The van der Waals surface area contributed by atoms with Crippen LogP contribution >= 0.6 is 0 Å². The molecule has 0 fully saturated rings. The Morgan fingerprint density at radius 2 is 1.71 bits per heavy atom. The zero-order chi connectivity index (χ0) is 12.4. The number of fused-ring (bicyclic) bond motifs is 1. The second-order valence-corrected chi connectivity index (χ2v) is 3.69. The van der Waals surface area contributed by atoms with E-state index in [1.165, 1.54) is 19.1 Å². The van der Waals surface area contributed by atoms with E-state index < -0.39 is 11.8 Å². The summed E-state index contributed by atoms with van der Waals surface area (Å²) in [5.74, 6) is -0.763. The molecule has 0 radical (unpaired) electrons. The summed E-state index contributed by atoms with van der Waals surface area (Å²) in [4.78, 5) is 22.6. The Bertz CT molecular complexity index is 605. The van der Waals surface area contributed by atoms with Gasteiger partial charge < -0.3 is 5.11 Å². The van der Waals surface area contributed by atoms with Crippen molar-refractivity contribution < 1.29 is 14.7 Å². The molecule has 2 amide bonds. The minimum absolute atomic E-state index is 0.111. The van der Waals surface area contributed by atoms with Gasteiger partial charge in [0, 0.05) is 17.9 Å². The lowest BCUT2D eigenvalue weighted by molar-refractivity contribution is -0.118. The van der Waals surface area contributed by atoms with Gasteiger partial charge in [0.25, 0.3) is 5.91 Å². The Hall–Kier alpha value is -2.36. The largest absolute Gasteiger partial charge is 0.507 e. The fourth-order valence-electron chi connectivity index (χ4n) is 1.71. The Morgan fingerprint density at radius 3 is 2.35 bits per heavy atom. The van der Waals surface area contributed by atoms with Crippen LogP contribution in [-0.2, 0) is 4.79 Å². The SMILES string of the molecule is CC(=O)NC(=O)c1ccc(O)c2ccccc12. The molecule has 2 aromatic carbocycles. The molecular weight excluding hydrogens is 218 g/mol. The number of aromatic hydroxyl groups is 1. The maximum absolute atomic E-state index is 11.8. The van der Waals surface area contributed by atoms with Gasteiger partial charge in [-0.2, -0.15) is 0 Å². The topological polar surface area (TPSA) is 66.4 Å². The first-order valence-electron chi connectivity index (χ1n) is 5.12. The Balaban J connectivity index is 2.59. The zero-order valence-electron chi connectivity index (χ0n) is 9.23. The fourth-order valence-corrected chi connectivity index (χ4v) is 1.71. The maximum Gasteiger partial charge on any atom is 0.258 e. The monoisotopic (exact) mass is 229 g/mol. The summed E-state index contributed by atoms with van der Waals surface area (Å²) in [6.07, 6.45) is 0. The third-order valence-electron chi connectivity index (χ3n) is 2.44. The molecule has 86 valence electrons. The highest BCUT2D eigenvalue weighted by Crippen LogP contribution is 2.27. The Morgan fingerprint density at radius 1 is 1.06 bits per heavy atom. The molecule has 0 aliphatic carbocycles. The van der Waals surface area contributed by atoms with Crippen LogP contribution in [0.25, 0.3) is 10.8 Å². The number of phenolic OH excluding ortho intramolecular Hbond substituents is 1. The van der Waals surface area contributed by atoms with E-state index in [1.807, 2.05) is 0 Å². The van der Waals surface area contributed by atoms with Crippen LogP contribution in [0.2, 0.25) is 0 Å². The zero-order valence-corrected chi connectivity index (χ0v) is 9.23. The van der Waals surface area contributed by atoms with E-state index in [-0.39, 0.29) is 5.75 Å².